The number of nitrogens with zero attached hydrogens (tertiary/aromatic N) is 3. The Morgan fingerprint density at radius 1 is 1.24 bits per heavy atom. The molecule has 0 spiro atoms. The second-order valence-electron chi connectivity index (χ2n) is 5.71. The maximum atomic E-state index is 12.8. The van der Waals surface area contributed by atoms with Crippen molar-refractivity contribution in [2.45, 2.75) is 6.42 Å². The second-order valence-corrected chi connectivity index (χ2v) is 8.67. The monoisotopic (exact) mass is 459 g/mol. The maximum Gasteiger partial charge on any atom is 0.234 e. The summed E-state index contributed by atoms with van der Waals surface area (Å²) in [5, 5.41) is 2.77. The van der Waals surface area contributed by atoms with Gasteiger partial charge >= 0.3 is 0 Å². The number of carbonyl (C=O) groups excluding carboxylic acids is 1. The molecule has 0 unspecified atom stereocenters. The van der Waals surface area contributed by atoms with Crippen molar-refractivity contribution in [2.75, 3.05) is 32.1 Å². The van der Waals surface area contributed by atoms with E-state index in [-0.39, 0.29) is 18.3 Å². The molecule has 1 amide bonds. The molecule has 2 heterocycles. The molecule has 0 aliphatic rings. The van der Waals surface area contributed by atoms with Crippen LogP contribution in [0.15, 0.2) is 40.2 Å². The minimum atomic E-state index is 0. The van der Waals surface area contributed by atoms with E-state index in [1.54, 1.807) is 22.7 Å². The lowest BCUT2D eigenvalue weighted by atomic mass is 10.3. The summed E-state index contributed by atoms with van der Waals surface area (Å²) in [6, 6.07) is 9.98. The first-order chi connectivity index (χ1) is 11.5. The molecule has 0 bridgehead atoms. The van der Waals surface area contributed by atoms with Crippen LogP contribution in [-0.2, 0) is 11.2 Å². The molecule has 0 atom stereocenters. The number of aromatic nitrogens is 1. The van der Waals surface area contributed by atoms with Crippen molar-refractivity contribution >= 4 is 72.3 Å². The highest BCUT2D eigenvalue weighted by Crippen LogP contribution is 2.31. The van der Waals surface area contributed by atoms with Crippen LogP contribution in [0.3, 0.4) is 0 Å². The zero-order valence-electron chi connectivity index (χ0n) is 13.9. The Morgan fingerprint density at radius 3 is 2.72 bits per heavy atom. The molecule has 0 fully saturated rings. The van der Waals surface area contributed by atoms with Crippen molar-refractivity contribution in [3.63, 3.8) is 0 Å². The molecular formula is C17H19BrClN3OS2. The molecule has 0 radical (unpaired) electrons. The van der Waals surface area contributed by atoms with Gasteiger partial charge in [0.2, 0.25) is 5.91 Å². The Hall–Kier alpha value is -0.990. The zero-order valence-corrected chi connectivity index (χ0v) is 18.0. The number of hydrogen-bond acceptors (Lipinski definition) is 5. The number of carbonyl (C=O) groups is 1. The van der Waals surface area contributed by atoms with Gasteiger partial charge in [-0.3, -0.25) is 9.69 Å². The number of rotatable bonds is 6. The third-order valence-electron chi connectivity index (χ3n) is 3.55. The molecule has 134 valence electrons. The number of thiazole rings is 1. The van der Waals surface area contributed by atoms with Crippen molar-refractivity contribution in [1.82, 2.24) is 9.88 Å². The van der Waals surface area contributed by atoms with Crippen molar-refractivity contribution in [3.05, 3.63) is 45.1 Å². The topological polar surface area (TPSA) is 36.4 Å². The number of anilines is 1. The van der Waals surface area contributed by atoms with E-state index in [4.69, 9.17) is 0 Å². The second kappa shape index (κ2) is 9.09. The van der Waals surface area contributed by atoms with Crippen molar-refractivity contribution < 1.29 is 4.79 Å². The summed E-state index contributed by atoms with van der Waals surface area (Å²) in [6.07, 6.45) is 0.421. The molecule has 0 aliphatic heterocycles. The van der Waals surface area contributed by atoms with Crippen LogP contribution < -0.4 is 4.90 Å². The van der Waals surface area contributed by atoms with Gasteiger partial charge in [-0.25, -0.2) is 4.98 Å². The van der Waals surface area contributed by atoms with E-state index < -0.39 is 0 Å². The van der Waals surface area contributed by atoms with Crippen LogP contribution >= 0.6 is 51.0 Å². The normalized spacial score (nSPS) is 10.9. The first kappa shape index (κ1) is 20.3. The van der Waals surface area contributed by atoms with E-state index >= 15 is 0 Å². The molecule has 0 N–H and O–H groups in total. The fourth-order valence-electron chi connectivity index (χ4n) is 2.29. The third kappa shape index (κ3) is 5.24. The first-order valence-electron chi connectivity index (χ1n) is 7.56. The summed E-state index contributed by atoms with van der Waals surface area (Å²) >= 11 is 6.67. The fraction of sp³-hybridized carbons (Fsp3) is 0.294. The number of thiophene rings is 1. The predicted octanol–water partition coefficient (Wildman–Crippen LogP) is 4.68. The number of benzene rings is 1. The fourth-order valence-corrected chi connectivity index (χ4v) is 4.54. The molecule has 0 saturated carbocycles. The molecule has 4 nitrogen and oxygen atoms in total. The standard InChI is InChI=1S/C17H18BrN3OS2.ClH/c1-20(2)7-8-21(16(22)11-13-4-3-9-23-13)17-19-14-6-5-12(18)10-15(14)24-17;/h3-6,9-10H,7-8,11H2,1-2H3;1H. The Bertz CT molecular complexity index is 836. The zero-order chi connectivity index (χ0) is 17.1. The van der Waals surface area contributed by atoms with E-state index in [2.05, 4.69) is 25.8 Å². The van der Waals surface area contributed by atoms with E-state index in [1.807, 2.05) is 54.7 Å². The average molecular weight is 461 g/mol. The average Bonchev–Trinajstić information content (AvgIpc) is 3.16. The van der Waals surface area contributed by atoms with Crippen LogP contribution in [0.2, 0.25) is 0 Å². The van der Waals surface area contributed by atoms with Crippen LogP contribution in [0.4, 0.5) is 5.13 Å². The summed E-state index contributed by atoms with van der Waals surface area (Å²) in [5.74, 6) is 0.0948. The van der Waals surface area contributed by atoms with Crippen LogP contribution in [0, 0.1) is 0 Å². The Labute approximate surface area is 170 Å². The lowest BCUT2D eigenvalue weighted by molar-refractivity contribution is -0.118. The predicted molar refractivity (Wildman–Crippen MR) is 113 cm³/mol. The van der Waals surface area contributed by atoms with Crippen molar-refractivity contribution in [3.8, 4) is 0 Å². The molecule has 2 aromatic heterocycles. The van der Waals surface area contributed by atoms with Gasteiger partial charge in [-0.2, -0.15) is 0 Å². The number of likely N-dealkylation sites (N-methyl/N-ethyl adjacent to an activating group) is 1. The number of hydrogen-bond donors (Lipinski definition) is 0. The van der Waals surface area contributed by atoms with Crippen LogP contribution in [0.25, 0.3) is 10.2 Å². The van der Waals surface area contributed by atoms with Crippen LogP contribution in [-0.4, -0.2) is 43.0 Å². The van der Waals surface area contributed by atoms with Gasteiger partial charge in [0, 0.05) is 22.4 Å². The molecule has 8 heteroatoms. The quantitative estimate of drug-likeness (QED) is 0.536. The first-order valence-corrected chi connectivity index (χ1v) is 10.1. The third-order valence-corrected chi connectivity index (χ3v) is 5.96. The molecule has 3 aromatic rings. The molecule has 1 aromatic carbocycles. The van der Waals surface area contributed by atoms with E-state index in [1.165, 1.54) is 0 Å². The highest BCUT2D eigenvalue weighted by Gasteiger charge is 2.20. The molecule has 3 rings (SSSR count). The van der Waals surface area contributed by atoms with E-state index in [9.17, 15) is 4.79 Å². The number of halogens is 2. The van der Waals surface area contributed by atoms with Gasteiger partial charge in [0.15, 0.2) is 5.13 Å². The minimum Gasteiger partial charge on any atom is -0.308 e. The minimum absolute atomic E-state index is 0. The lowest BCUT2D eigenvalue weighted by Crippen LogP contribution is -2.37. The van der Waals surface area contributed by atoms with Gasteiger partial charge in [0.1, 0.15) is 0 Å². The Balaban J connectivity index is 0.00000225. The summed E-state index contributed by atoms with van der Waals surface area (Å²) in [5.41, 5.74) is 0.928. The number of fused-ring (bicyclic) bond motifs is 1. The lowest BCUT2D eigenvalue weighted by Gasteiger charge is -2.21. The summed E-state index contributed by atoms with van der Waals surface area (Å²) in [7, 11) is 4.02. The van der Waals surface area contributed by atoms with Crippen LogP contribution in [0.5, 0.6) is 0 Å². The Morgan fingerprint density at radius 2 is 2.04 bits per heavy atom. The molecule has 0 saturated heterocycles. The van der Waals surface area contributed by atoms with Gasteiger partial charge in [0.05, 0.1) is 16.6 Å². The highest BCUT2D eigenvalue weighted by molar-refractivity contribution is 9.10. The van der Waals surface area contributed by atoms with E-state index in [0.717, 1.165) is 31.2 Å². The molecule has 25 heavy (non-hydrogen) atoms. The van der Waals surface area contributed by atoms with Gasteiger partial charge in [0.25, 0.3) is 0 Å². The summed E-state index contributed by atoms with van der Waals surface area (Å²) < 4.78 is 2.10. The highest BCUT2D eigenvalue weighted by atomic mass is 79.9. The number of amides is 1. The van der Waals surface area contributed by atoms with Crippen molar-refractivity contribution in [1.29, 1.82) is 0 Å². The molecular weight excluding hydrogens is 442 g/mol. The smallest absolute Gasteiger partial charge is 0.234 e. The van der Waals surface area contributed by atoms with E-state index in [0.29, 0.717) is 13.0 Å². The van der Waals surface area contributed by atoms with Crippen LogP contribution in [0.1, 0.15) is 4.88 Å². The SMILES string of the molecule is CN(C)CCN(C(=O)Cc1cccs1)c1nc2ccc(Br)cc2s1.Cl. The van der Waals surface area contributed by atoms with Gasteiger partial charge < -0.3 is 4.90 Å². The summed E-state index contributed by atoms with van der Waals surface area (Å²) in [4.78, 5) is 22.5. The largest absolute Gasteiger partial charge is 0.308 e. The van der Waals surface area contributed by atoms with Gasteiger partial charge in [-0.1, -0.05) is 33.3 Å². The van der Waals surface area contributed by atoms with Gasteiger partial charge in [-0.05, 0) is 43.7 Å². The maximum absolute atomic E-state index is 12.8. The van der Waals surface area contributed by atoms with Crippen molar-refractivity contribution in [2.24, 2.45) is 0 Å². The Kier molecular flexibility index (Phi) is 7.39. The molecule has 0 aliphatic carbocycles. The van der Waals surface area contributed by atoms with Gasteiger partial charge in [-0.15, -0.1) is 23.7 Å². The summed E-state index contributed by atoms with van der Waals surface area (Å²) in [6.45, 7) is 1.44.